The van der Waals surface area contributed by atoms with Gasteiger partial charge in [-0.1, -0.05) is 68.1 Å². The number of nitrogens with two attached hydrogens (primary N) is 1. The highest BCUT2D eigenvalue weighted by atomic mass is 16.2. The lowest BCUT2D eigenvalue weighted by Gasteiger charge is -2.45. The Morgan fingerprint density at radius 2 is 1.70 bits per heavy atom. The molecule has 1 saturated heterocycles. The zero-order chi connectivity index (χ0) is 23.1. The van der Waals surface area contributed by atoms with Gasteiger partial charge in [0.15, 0.2) is 0 Å². The number of carbonyl (C=O) groups excluding carboxylic acids is 1. The number of anilines is 1. The van der Waals surface area contributed by atoms with Crippen molar-refractivity contribution >= 4 is 17.6 Å². The molecule has 2 aromatic carbocycles. The lowest BCUT2D eigenvalue weighted by molar-refractivity contribution is 0.0966. The van der Waals surface area contributed by atoms with E-state index in [1.165, 1.54) is 31.2 Å². The molecule has 0 spiro atoms. The van der Waals surface area contributed by atoms with Crippen molar-refractivity contribution in [3.8, 4) is 0 Å². The zero-order valence-electron chi connectivity index (χ0n) is 19.5. The summed E-state index contributed by atoms with van der Waals surface area (Å²) in [6.45, 7) is 3.15. The summed E-state index contributed by atoms with van der Waals surface area (Å²) in [5.41, 5.74) is 8.12. The third-order valence-electron chi connectivity index (χ3n) is 7.41. The van der Waals surface area contributed by atoms with Gasteiger partial charge in [-0.2, -0.15) is 0 Å². The number of benzene rings is 2. The molecule has 1 aliphatic carbocycles. The SMILES string of the molecule is N=C(N)c1cccc(NC(=O)NC2(C3CCN(Cc4ccccc4)CC3)CCCCCC2)c1. The van der Waals surface area contributed by atoms with Crippen LogP contribution in [0, 0.1) is 11.3 Å². The molecule has 6 nitrogen and oxygen atoms in total. The van der Waals surface area contributed by atoms with Gasteiger partial charge in [0, 0.05) is 23.3 Å². The molecule has 6 heteroatoms. The van der Waals surface area contributed by atoms with Crippen molar-refractivity contribution in [2.75, 3.05) is 18.4 Å². The summed E-state index contributed by atoms with van der Waals surface area (Å²) in [5, 5.41) is 14.1. The number of carbonyl (C=O) groups is 1. The molecule has 1 aliphatic heterocycles. The zero-order valence-corrected chi connectivity index (χ0v) is 19.5. The number of urea groups is 1. The second-order valence-corrected chi connectivity index (χ2v) is 9.68. The smallest absolute Gasteiger partial charge is 0.319 e. The normalized spacial score (nSPS) is 19.4. The minimum atomic E-state index is -0.149. The number of piperidine rings is 1. The van der Waals surface area contributed by atoms with E-state index in [1.807, 2.05) is 12.1 Å². The molecule has 176 valence electrons. The van der Waals surface area contributed by atoms with Crippen LogP contribution in [0.5, 0.6) is 0 Å². The third-order valence-corrected chi connectivity index (χ3v) is 7.41. The predicted octanol–water partition coefficient (Wildman–Crippen LogP) is 5.10. The molecule has 0 aromatic heterocycles. The molecule has 1 saturated carbocycles. The van der Waals surface area contributed by atoms with Crippen molar-refractivity contribution in [3.05, 3.63) is 65.7 Å². The maximum atomic E-state index is 13.1. The molecular formula is C27H37N5O. The molecule has 1 heterocycles. The summed E-state index contributed by atoms with van der Waals surface area (Å²) < 4.78 is 0. The van der Waals surface area contributed by atoms with E-state index in [1.54, 1.807) is 12.1 Å². The highest BCUT2D eigenvalue weighted by Crippen LogP contribution is 2.39. The fourth-order valence-electron chi connectivity index (χ4n) is 5.63. The highest BCUT2D eigenvalue weighted by molar-refractivity contribution is 5.97. The molecule has 33 heavy (non-hydrogen) atoms. The summed E-state index contributed by atoms with van der Waals surface area (Å²) in [5.74, 6) is 0.499. The van der Waals surface area contributed by atoms with Crippen LogP contribution in [0.3, 0.4) is 0 Å². The van der Waals surface area contributed by atoms with Crippen LogP contribution >= 0.6 is 0 Å². The van der Waals surface area contributed by atoms with Gasteiger partial charge in [-0.15, -0.1) is 0 Å². The van der Waals surface area contributed by atoms with Crippen LogP contribution in [-0.2, 0) is 6.54 Å². The number of amidine groups is 1. The van der Waals surface area contributed by atoms with E-state index in [0.29, 0.717) is 17.2 Å². The van der Waals surface area contributed by atoms with E-state index in [9.17, 15) is 4.79 Å². The number of rotatable bonds is 6. The minimum absolute atomic E-state index is 0.00144. The fourth-order valence-corrected chi connectivity index (χ4v) is 5.63. The van der Waals surface area contributed by atoms with Gasteiger partial charge in [0.2, 0.25) is 0 Å². The van der Waals surface area contributed by atoms with Crippen LogP contribution in [-0.4, -0.2) is 35.4 Å². The summed E-state index contributed by atoms with van der Waals surface area (Å²) in [7, 11) is 0. The Balaban J connectivity index is 1.41. The van der Waals surface area contributed by atoms with Gasteiger partial charge >= 0.3 is 6.03 Å². The van der Waals surface area contributed by atoms with Crippen molar-refractivity contribution in [1.29, 1.82) is 5.41 Å². The lowest BCUT2D eigenvalue weighted by atomic mass is 9.73. The molecule has 0 unspecified atom stereocenters. The largest absolute Gasteiger partial charge is 0.384 e. The van der Waals surface area contributed by atoms with Crippen molar-refractivity contribution < 1.29 is 4.79 Å². The molecule has 2 aromatic rings. The number of hydrogen-bond donors (Lipinski definition) is 4. The standard InChI is InChI=1S/C27H37N5O/c28-25(29)22-11-8-12-24(19-22)30-26(33)31-27(15-6-1-2-7-16-27)23-13-17-32(18-14-23)20-21-9-4-3-5-10-21/h3-5,8-12,19,23H,1-2,6-7,13-18,20H2,(H3,28,29)(H2,30,31,33). The number of nitrogen functional groups attached to an aromatic ring is 1. The van der Waals surface area contributed by atoms with Crippen LogP contribution in [0.15, 0.2) is 54.6 Å². The van der Waals surface area contributed by atoms with Crippen molar-refractivity contribution in [1.82, 2.24) is 10.2 Å². The molecule has 5 N–H and O–H groups in total. The molecule has 2 amide bonds. The first-order valence-corrected chi connectivity index (χ1v) is 12.3. The minimum Gasteiger partial charge on any atom is -0.384 e. The molecule has 4 rings (SSSR count). The Labute approximate surface area is 197 Å². The average molecular weight is 448 g/mol. The van der Waals surface area contributed by atoms with E-state index in [-0.39, 0.29) is 17.4 Å². The first-order chi connectivity index (χ1) is 16.0. The molecule has 0 bridgehead atoms. The number of hydrogen-bond acceptors (Lipinski definition) is 3. The second-order valence-electron chi connectivity index (χ2n) is 9.68. The van der Waals surface area contributed by atoms with Gasteiger partial charge in [-0.05, 0) is 62.4 Å². The number of nitrogens with one attached hydrogen (secondary N) is 3. The van der Waals surface area contributed by atoms with E-state index < -0.39 is 0 Å². The molecule has 0 radical (unpaired) electrons. The van der Waals surface area contributed by atoms with Gasteiger partial charge in [0.05, 0.1) is 0 Å². The Morgan fingerprint density at radius 3 is 2.36 bits per heavy atom. The van der Waals surface area contributed by atoms with Crippen molar-refractivity contribution in [2.24, 2.45) is 11.7 Å². The first kappa shape index (κ1) is 23.3. The van der Waals surface area contributed by atoms with Crippen LogP contribution in [0.4, 0.5) is 10.5 Å². The second kappa shape index (κ2) is 10.8. The van der Waals surface area contributed by atoms with Gasteiger partial charge < -0.3 is 16.4 Å². The van der Waals surface area contributed by atoms with E-state index in [0.717, 1.165) is 45.3 Å². The Kier molecular flexibility index (Phi) is 7.65. The van der Waals surface area contributed by atoms with E-state index >= 15 is 0 Å². The topological polar surface area (TPSA) is 94.2 Å². The molecular weight excluding hydrogens is 410 g/mol. The average Bonchev–Trinajstić information content (AvgIpc) is 3.06. The summed E-state index contributed by atoms with van der Waals surface area (Å²) in [6, 6.07) is 17.7. The van der Waals surface area contributed by atoms with E-state index in [2.05, 4.69) is 45.9 Å². The van der Waals surface area contributed by atoms with Gasteiger partial charge in [0.1, 0.15) is 5.84 Å². The number of nitrogens with zero attached hydrogens (tertiary/aromatic N) is 1. The third kappa shape index (κ3) is 6.14. The van der Waals surface area contributed by atoms with Crippen LogP contribution in [0.25, 0.3) is 0 Å². The molecule has 0 atom stereocenters. The van der Waals surface area contributed by atoms with Gasteiger partial charge in [-0.25, -0.2) is 4.79 Å². The van der Waals surface area contributed by atoms with Crippen molar-refractivity contribution in [3.63, 3.8) is 0 Å². The number of amides is 2. The first-order valence-electron chi connectivity index (χ1n) is 12.3. The maximum Gasteiger partial charge on any atom is 0.319 e. The van der Waals surface area contributed by atoms with Crippen molar-refractivity contribution in [2.45, 2.75) is 63.5 Å². The number of likely N-dealkylation sites (tertiary alicyclic amines) is 1. The van der Waals surface area contributed by atoms with Gasteiger partial charge in [0.25, 0.3) is 0 Å². The molecule has 2 fully saturated rings. The fraction of sp³-hybridized carbons (Fsp3) is 0.481. The Hall–Kier alpha value is -2.86. The quantitative estimate of drug-likeness (QED) is 0.282. The van der Waals surface area contributed by atoms with E-state index in [4.69, 9.17) is 11.1 Å². The van der Waals surface area contributed by atoms with Gasteiger partial charge in [-0.3, -0.25) is 10.3 Å². The van der Waals surface area contributed by atoms with Crippen LogP contribution in [0.2, 0.25) is 0 Å². The summed E-state index contributed by atoms with van der Waals surface area (Å²) >= 11 is 0. The monoisotopic (exact) mass is 447 g/mol. The highest BCUT2D eigenvalue weighted by Gasteiger charge is 2.41. The summed E-state index contributed by atoms with van der Waals surface area (Å²) in [4.78, 5) is 15.7. The molecule has 2 aliphatic rings. The lowest BCUT2D eigenvalue weighted by Crippen LogP contribution is -2.57. The van der Waals surface area contributed by atoms with Crippen LogP contribution in [0.1, 0.15) is 62.5 Å². The Morgan fingerprint density at radius 1 is 1.00 bits per heavy atom. The summed E-state index contributed by atoms with van der Waals surface area (Å²) in [6.07, 6.45) is 9.18. The van der Waals surface area contributed by atoms with Crippen LogP contribution < -0.4 is 16.4 Å². The Bertz CT molecular complexity index is 929. The predicted molar refractivity (Wildman–Crippen MR) is 134 cm³/mol. The maximum absolute atomic E-state index is 13.1.